The zero-order valence-electron chi connectivity index (χ0n) is 19.1. The van der Waals surface area contributed by atoms with Gasteiger partial charge >= 0.3 is 5.97 Å². The second-order valence-electron chi connectivity index (χ2n) is 9.03. The van der Waals surface area contributed by atoms with Gasteiger partial charge in [0.25, 0.3) is 5.56 Å². The number of hydrogen-bond donors (Lipinski definition) is 2. The van der Waals surface area contributed by atoms with Crippen LogP contribution in [0.15, 0.2) is 65.8 Å². The minimum absolute atomic E-state index is 0.0294. The predicted molar refractivity (Wildman–Crippen MR) is 131 cm³/mol. The van der Waals surface area contributed by atoms with Gasteiger partial charge in [-0.2, -0.15) is 5.10 Å². The van der Waals surface area contributed by atoms with Crippen LogP contribution in [0.3, 0.4) is 0 Å². The van der Waals surface area contributed by atoms with Crippen LogP contribution in [0.25, 0.3) is 16.7 Å². The Morgan fingerprint density at radius 1 is 1.19 bits per heavy atom. The van der Waals surface area contributed by atoms with Crippen LogP contribution < -0.4 is 5.56 Å². The Bertz CT molecular complexity index is 1490. The second kappa shape index (κ2) is 9.45. The lowest BCUT2D eigenvalue weighted by Crippen LogP contribution is -2.50. The molecule has 0 bridgehead atoms. The van der Waals surface area contributed by atoms with Crippen LogP contribution >= 0.6 is 11.6 Å². The number of halogens is 2. The highest BCUT2D eigenvalue weighted by Crippen LogP contribution is 2.39. The Kier molecular flexibility index (Phi) is 6.33. The third kappa shape index (κ3) is 4.62. The summed E-state index contributed by atoms with van der Waals surface area (Å²) in [6.45, 7) is 0.0893. The smallest absolute Gasteiger partial charge is 0.317 e. The lowest BCUT2D eigenvalue weighted by molar-refractivity contribution is -0.141. The molecule has 0 saturated carbocycles. The molecule has 0 spiro atoms. The molecule has 2 N–H and O–H groups in total. The van der Waals surface area contributed by atoms with E-state index in [1.165, 1.54) is 46.0 Å². The number of aliphatic carboxylic acids is 1. The summed E-state index contributed by atoms with van der Waals surface area (Å²) < 4.78 is 16.1. The van der Waals surface area contributed by atoms with Gasteiger partial charge < -0.3 is 10.2 Å². The van der Waals surface area contributed by atoms with Crippen molar-refractivity contribution in [2.75, 3.05) is 13.1 Å². The van der Waals surface area contributed by atoms with Crippen LogP contribution in [-0.4, -0.2) is 59.1 Å². The van der Waals surface area contributed by atoms with E-state index in [4.69, 9.17) is 11.6 Å². The van der Waals surface area contributed by atoms with E-state index >= 15 is 0 Å². The van der Waals surface area contributed by atoms with Gasteiger partial charge in [-0.05, 0) is 48.7 Å². The number of piperidine rings is 1. The van der Waals surface area contributed by atoms with Crippen LogP contribution in [0.2, 0.25) is 5.02 Å². The van der Waals surface area contributed by atoms with Crippen molar-refractivity contribution in [2.24, 2.45) is 0 Å². The van der Waals surface area contributed by atoms with Gasteiger partial charge in [0.15, 0.2) is 5.65 Å². The molecule has 0 aliphatic carbocycles. The highest BCUT2D eigenvalue weighted by molar-refractivity contribution is 6.31. The Morgan fingerprint density at radius 3 is 2.67 bits per heavy atom. The van der Waals surface area contributed by atoms with E-state index in [0.717, 1.165) is 5.56 Å². The fourth-order valence-electron chi connectivity index (χ4n) is 4.81. The Labute approximate surface area is 210 Å². The summed E-state index contributed by atoms with van der Waals surface area (Å²) >= 11 is 6.41. The van der Waals surface area contributed by atoms with Gasteiger partial charge in [0.2, 0.25) is 0 Å². The Balaban J connectivity index is 1.45. The Morgan fingerprint density at radius 2 is 1.94 bits per heavy atom. The molecular formula is C25H23ClFN5O4. The molecule has 3 heterocycles. The third-order valence-corrected chi connectivity index (χ3v) is 6.92. The average molecular weight is 512 g/mol. The van der Waals surface area contributed by atoms with Crippen molar-refractivity contribution in [2.45, 2.75) is 31.0 Å². The molecule has 1 fully saturated rings. The number of benzene rings is 2. The molecule has 1 saturated heterocycles. The summed E-state index contributed by atoms with van der Waals surface area (Å²) in [5, 5.41) is 25.9. The summed E-state index contributed by atoms with van der Waals surface area (Å²) in [6, 6.07) is 12.4. The predicted octanol–water partition coefficient (Wildman–Crippen LogP) is 3.03. The Hall–Kier alpha value is -3.60. The number of fused-ring (bicyclic) bond motifs is 1. The SMILES string of the molecule is O=C(O)CN1CCC(O)(Cn2cnc3c(cnn3-c3ccc(F)cc3)c2=O)CC1c1ccccc1Cl. The first-order valence-corrected chi connectivity index (χ1v) is 11.7. The van der Waals surface area contributed by atoms with Crippen LogP contribution in [0.1, 0.15) is 24.4 Å². The minimum atomic E-state index is -1.30. The first-order valence-electron chi connectivity index (χ1n) is 11.4. The van der Waals surface area contributed by atoms with Crippen molar-refractivity contribution in [3.8, 4) is 5.69 Å². The van der Waals surface area contributed by atoms with Gasteiger partial charge in [-0.1, -0.05) is 29.8 Å². The maximum atomic E-state index is 13.3. The summed E-state index contributed by atoms with van der Waals surface area (Å²) in [4.78, 5) is 30.9. The lowest BCUT2D eigenvalue weighted by atomic mass is 9.83. The number of aromatic nitrogens is 4. The van der Waals surface area contributed by atoms with E-state index in [1.807, 2.05) is 12.1 Å². The maximum absolute atomic E-state index is 13.3. The first kappa shape index (κ1) is 24.1. The molecule has 2 aromatic heterocycles. The number of hydrogen-bond acceptors (Lipinski definition) is 6. The van der Waals surface area contributed by atoms with Gasteiger partial charge in [0.05, 0.1) is 30.6 Å². The van der Waals surface area contributed by atoms with Crippen molar-refractivity contribution in [3.63, 3.8) is 0 Å². The quantitative estimate of drug-likeness (QED) is 0.409. The summed E-state index contributed by atoms with van der Waals surface area (Å²) in [7, 11) is 0. The van der Waals surface area contributed by atoms with Crippen LogP contribution in [0.5, 0.6) is 0 Å². The third-order valence-electron chi connectivity index (χ3n) is 6.57. The summed E-state index contributed by atoms with van der Waals surface area (Å²) in [6.07, 6.45) is 3.21. The van der Waals surface area contributed by atoms with E-state index in [0.29, 0.717) is 22.9 Å². The van der Waals surface area contributed by atoms with Crippen molar-refractivity contribution in [1.82, 2.24) is 24.2 Å². The zero-order valence-corrected chi connectivity index (χ0v) is 19.8. The standard InChI is InChI=1S/C25H23ClFN5O4/c26-20-4-2-1-3-18(20)21-11-25(36,9-10-30(21)13-22(33)34)14-31-15-28-23-19(24(31)35)12-29-32(23)17-7-5-16(27)6-8-17/h1-8,12,15,21,36H,9-11,13-14H2,(H,33,34). The van der Waals surface area contributed by atoms with Crippen molar-refractivity contribution < 1.29 is 19.4 Å². The topological polar surface area (TPSA) is 113 Å². The second-order valence-corrected chi connectivity index (χ2v) is 9.43. The monoisotopic (exact) mass is 511 g/mol. The summed E-state index contributed by atoms with van der Waals surface area (Å²) in [5.74, 6) is -1.36. The van der Waals surface area contributed by atoms with Crippen molar-refractivity contribution in [3.05, 3.63) is 87.8 Å². The van der Waals surface area contributed by atoms with E-state index in [2.05, 4.69) is 10.1 Å². The van der Waals surface area contributed by atoms with Crippen LogP contribution in [0, 0.1) is 5.82 Å². The lowest BCUT2D eigenvalue weighted by Gasteiger charge is -2.44. The molecule has 5 rings (SSSR count). The van der Waals surface area contributed by atoms with E-state index in [1.54, 1.807) is 17.0 Å². The number of carboxylic acid groups (broad SMARTS) is 1. The molecule has 36 heavy (non-hydrogen) atoms. The van der Waals surface area contributed by atoms with Gasteiger partial charge in [-0.25, -0.2) is 14.1 Å². The van der Waals surface area contributed by atoms with Crippen molar-refractivity contribution >= 4 is 28.6 Å². The van der Waals surface area contributed by atoms with Gasteiger partial charge in [0, 0.05) is 17.6 Å². The molecule has 1 aliphatic heterocycles. The van der Waals surface area contributed by atoms with Crippen LogP contribution in [0.4, 0.5) is 4.39 Å². The highest BCUT2D eigenvalue weighted by Gasteiger charge is 2.40. The highest BCUT2D eigenvalue weighted by atomic mass is 35.5. The number of likely N-dealkylation sites (tertiary alicyclic amines) is 1. The first-order chi connectivity index (χ1) is 17.2. The zero-order chi connectivity index (χ0) is 25.4. The van der Waals surface area contributed by atoms with Crippen LogP contribution in [-0.2, 0) is 11.3 Å². The summed E-state index contributed by atoms with van der Waals surface area (Å²) in [5.41, 5.74) is -0.0717. The van der Waals surface area contributed by atoms with Crippen molar-refractivity contribution in [1.29, 1.82) is 0 Å². The average Bonchev–Trinajstić information content (AvgIpc) is 3.28. The van der Waals surface area contributed by atoms with Gasteiger partial charge in [-0.15, -0.1) is 0 Å². The number of aliphatic hydroxyl groups is 1. The number of nitrogens with zero attached hydrogens (tertiary/aromatic N) is 5. The molecule has 4 aromatic rings. The molecular weight excluding hydrogens is 489 g/mol. The normalized spacial score (nSPS) is 20.6. The number of rotatable bonds is 6. The minimum Gasteiger partial charge on any atom is -0.480 e. The van der Waals surface area contributed by atoms with E-state index in [-0.39, 0.29) is 42.7 Å². The number of carboxylic acids is 1. The van der Waals surface area contributed by atoms with Gasteiger partial charge in [-0.3, -0.25) is 19.1 Å². The molecule has 9 nitrogen and oxygen atoms in total. The largest absolute Gasteiger partial charge is 0.480 e. The number of carbonyl (C=O) groups is 1. The fraction of sp³-hybridized carbons (Fsp3) is 0.280. The molecule has 0 amide bonds. The van der Waals surface area contributed by atoms with E-state index in [9.17, 15) is 24.2 Å². The van der Waals surface area contributed by atoms with Gasteiger partial charge in [0.1, 0.15) is 17.5 Å². The molecule has 11 heteroatoms. The molecule has 2 atom stereocenters. The molecule has 1 aliphatic rings. The molecule has 2 unspecified atom stereocenters. The molecule has 0 radical (unpaired) electrons. The maximum Gasteiger partial charge on any atom is 0.317 e. The molecule has 2 aromatic carbocycles. The fourth-order valence-corrected chi connectivity index (χ4v) is 5.07. The van der Waals surface area contributed by atoms with E-state index < -0.39 is 17.6 Å². The molecule has 186 valence electrons.